The van der Waals surface area contributed by atoms with Gasteiger partial charge in [-0.2, -0.15) is 0 Å². The fourth-order valence-electron chi connectivity index (χ4n) is 1.59. The number of hydrogen-bond donors (Lipinski definition) is 0. The first-order valence-corrected chi connectivity index (χ1v) is 5.30. The van der Waals surface area contributed by atoms with Crippen molar-refractivity contribution in [1.29, 1.82) is 0 Å². The van der Waals surface area contributed by atoms with Crippen LogP contribution < -0.4 is 0 Å². The van der Waals surface area contributed by atoms with Crippen molar-refractivity contribution in [3.05, 3.63) is 36.7 Å². The molecular weight excluding hydrogens is 220 g/mol. The van der Waals surface area contributed by atoms with Gasteiger partial charge >= 0.3 is 0 Å². The molecule has 0 bridgehead atoms. The largest absolute Gasteiger partial charge is 0.364 e. The molecule has 2 rings (SSSR count). The zero-order valence-corrected chi connectivity index (χ0v) is 9.78. The Morgan fingerprint density at radius 2 is 2.47 bits per heavy atom. The summed E-state index contributed by atoms with van der Waals surface area (Å²) >= 11 is 0. The number of carbonyl (C=O) groups excluding carboxylic acids is 1. The summed E-state index contributed by atoms with van der Waals surface area (Å²) in [6, 6.07) is 1.47. The SMILES string of the molecule is C[C@H](C(=O)N(C)Cc1ccon1)n1ccnc1. The van der Waals surface area contributed by atoms with Crippen molar-refractivity contribution in [2.24, 2.45) is 0 Å². The van der Waals surface area contributed by atoms with E-state index in [1.807, 2.05) is 6.92 Å². The quantitative estimate of drug-likeness (QED) is 0.794. The van der Waals surface area contributed by atoms with E-state index in [1.54, 1.807) is 41.3 Å². The molecule has 2 heterocycles. The summed E-state index contributed by atoms with van der Waals surface area (Å²) < 4.78 is 6.49. The second kappa shape index (κ2) is 4.82. The number of rotatable bonds is 4. The number of amides is 1. The van der Waals surface area contributed by atoms with Gasteiger partial charge in [-0.15, -0.1) is 0 Å². The van der Waals surface area contributed by atoms with Crippen LogP contribution >= 0.6 is 0 Å². The van der Waals surface area contributed by atoms with Crippen molar-refractivity contribution in [2.45, 2.75) is 19.5 Å². The summed E-state index contributed by atoms with van der Waals surface area (Å²) in [4.78, 5) is 17.6. The van der Waals surface area contributed by atoms with Crippen molar-refractivity contribution in [3.8, 4) is 0 Å². The van der Waals surface area contributed by atoms with Gasteiger partial charge in [-0.05, 0) is 6.92 Å². The van der Waals surface area contributed by atoms with Crippen molar-refractivity contribution in [2.75, 3.05) is 7.05 Å². The Morgan fingerprint density at radius 3 is 3.06 bits per heavy atom. The first-order chi connectivity index (χ1) is 8.18. The van der Waals surface area contributed by atoms with Gasteiger partial charge in [0.15, 0.2) is 0 Å². The molecule has 17 heavy (non-hydrogen) atoms. The minimum Gasteiger partial charge on any atom is -0.364 e. The molecule has 0 aliphatic carbocycles. The van der Waals surface area contributed by atoms with E-state index in [0.717, 1.165) is 5.69 Å². The topological polar surface area (TPSA) is 64.2 Å². The molecule has 0 aromatic carbocycles. The third-order valence-corrected chi connectivity index (χ3v) is 2.60. The zero-order chi connectivity index (χ0) is 12.3. The molecule has 1 amide bonds. The van der Waals surface area contributed by atoms with Gasteiger partial charge in [-0.1, -0.05) is 5.16 Å². The lowest BCUT2D eigenvalue weighted by atomic mass is 10.3. The Morgan fingerprint density at radius 1 is 1.65 bits per heavy atom. The summed E-state index contributed by atoms with van der Waals surface area (Å²) in [6.45, 7) is 2.28. The van der Waals surface area contributed by atoms with Gasteiger partial charge in [0.1, 0.15) is 18.0 Å². The lowest BCUT2D eigenvalue weighted by Gasteiger charge is -2.20. The Hall–Kier alpha value is -2.11. The van der Waals surface area contributed by atoms with Crippen molar-refractivity contribution in [1.82, 2.24) is 19.6 Å². The number of hydrogen-bond acceptors (Lipinski definition) is 4. The molecule has 0 radical (unpaired) electrons. The summed E-state index contributed by atoms with van der Waals surface area (Å²) in [7, 11) is 1.74. The predicted molar refractivity (Wildman–Crippen MR) is 59.9 cm³/mol. The minimum absolute atomic E-state index is 0.00556. The van der Waals surface area contributed by atoms with E-state index in [9.17, 15) is 4.79 Å². The maximum absolute atomic E-state index is 12.1. The van der Waals surface area contributed by atoms with Crippen molar-refractivity contribution < 1.29 is 9.32 Å². The van der Waals surface area contributed by atoms with Crippen LogP contribution in [0.3, 0.4) is 0 Å². The van der Waals surface area contributed by atoms with E-state index >= 15 is 0 Å². The molecule has 0 aliphatic heterocycles. The van der Waals surface area contributed by atoms with Gasteiger partial charge < -0.3 is 14.0 Å². The summed E-state index contributed by atoms with van der Waals surface area (Å²) in [5.74, 6) is 0.00556. The van der Waals surface area contributed by atoms with E-state index in [4.69, 9.17) is 4.52 Å². The van der Waals surface area contributed by atoms with Gasteiger partial charge in [0.25, 0.3) is 0 Å². The maximum atomic E-state index is 12.1. The summed E-state index contributed by atoms with van der Waals surface area (Å²) in [6.07, 6.45) is 6.55. The van der Waals surface area contributed by atoms with Gasteiger partial charge in [0, 0.05) is 25.5 Å². The molecule has 90 valence electrons. The van der Waals surface area contributed by atoms with Crippen LogP contribution in [0.25, 0.3) is 0 Å². The average molecular weight is 234 g/mol. The van der Waals surface area contributed by atoms with Crippen LogP contribution in [0.5, 0.6) is 0 Å². The minimum atomic E-state index is -0.269. The molecule has 1 atom stereocenters. The molecule has 0 N–H and O–H groups in total. The lowest BCUT2D eigenvalue weighted by Crippen LogP contribution is -2.32. The molecule has 0 saturated heterocycles. The van der Waals surface area contributed by atoms with Crippen LogP contribution in [-0.2, 0) is 11.3 Å². The van der Waals surface area contributed by atoms with Gasteiger partial charge in [-0.25, -0.2) is 4.98 Å². The van der Waals surface area contributed by atoms with Crippen molar-refractivity contribution >= 4 is 5.91 Å². The van der Waals surface area contributed by atoms with E-state index < -0.39 is 0 Å². The fourth-order valence-corrected chi connectivity index (χ4v) is 1.59. The van der Waals surface area contributed by atoms with Gasteiger partial charge in [0.05, 0.1) is 12.9 Å². The zero-order valence-electron chi connectivity index (χ0n) is 9.78. The number of likely N-dealkylation sites (N-methyl/N-ethyl adjacent to an activating group) is 1. The highest BCUT2D eigenvalue weighted by molar-refractivity contribution is 5.79. The molecule has 6 nitrogen and oxygen atoms in total. The molecule has 0 spiro atoms. The molecule has 0 fully saturated rings. The van der Waals surface area contributed by atoms with Crippen LogP contribution in [-0.4, -0.2) is 32.6 Å². The Kier molecular flexibility index (Phi) is 3.22. The lowest BCUT2D eigenvalue weighted by molar-refractivity contribution is -0.133. The van der Waals surface area contributed by atoms with Crippen molar-refractivity contribution in [3.63, 3.8) is 0 Å². The normalized spacial score (nSPS) is 12.4. The summed E-state index contributed by atoms with van der Waals surface area (Å²) in [5.41, 5.74) is 0.735. The molecule has 0 unspecified atom stereocenters. The van der Waals surface area contributed by atoms with Gasteiger partial charge in [-0.3, -0.25) is 4.79 Å². The van der Waals surface area contributed by atoms with Crippen LogP contribution in [0.1, 0.15) is 18.7 Å². The van der Waals surface area contributed by atoms with Crippen LogP contribution in [0.4, 0.5) is 0 Å². The molecule has 2 aromatic rings. The standard InChI is InChI=1S/C11H14N4O2/c1-9(15-5-4-12-8-15)11(16)14(2)7-10-3-6-17-13-10/h3-6,8-9H,7H2,1-2H3/t9-/m1/s1. The highest BCUT2D eigenvalue weighted by Crippen LogP contribution is 2.10. The van der Waals surface area contributed by atoms with Gasteiger partial charge in [0.2, 0.25) is 5.91 Å². The number of nitrogens with zero attached hydrogens (tertiary/aromatic N) is 4. The maximum Gasteiger partial charge on any atom is 0.245 e. The van der Waals surface area contributed by atoms with Crippen LogP contribution in [0, 0.1) is 0 Å². The Balaban J connectivity index is 2.00. The molecule has 6 heteroatoms. The smallest absolute Gasteiger partial charge is 0.245 e. The Labute approximate surface area is 98.8 Å². The second-order valence-corrected chi connectivity index (χ2v) is 3.87. The van der Waals surface area contributed by atoms with E-state index in [2.05, 4.69) is 10.1 Å². The highest BCUT2D eigenvalue weighted by atomic mass is 16.5. The molecular formula is C11H14N4O2. The monoisotopic (exact) mass is 234 g/mol. The van der Waals surface area contributed by atoms with E-state index in [0.29, 0.717) is 6.54 Å². The number of imidazole rings is 1. The van der Waals surface area contributed by atoms with Crippen LogP contribution in [0.15, 0.2) is 35.6 Å². The first-order valence-electron chi connectivity index (χ1n) is 5.30. The second-order valence-electron chi connectivity index (χ2n) is 3.87. The third kappa shape index (κ3) is 2.52. The number of carbonyl (C=O) groups is 1. The molecule has 2 aromatic heterocycles. The predicted octanol–water partition coefficient (Wildman–Crippen LogP) is 1.09. The highest BCUT2D eigenvalue weighted by Gasteiger charge is 2.19. The Bertz CT molecular complexity index is 464. The first kappa shape index (κ1) is 11.4. The summed E-state index contributed by atoms with van der Waals surface area (Å²) in [5, 5.41) is 3.77. The van der Waals surface area contributed by atoms with E-state index in [1.165, 1.54) is 6.26 Å². The molecule has 0 saturated carbocycles. The number of aromatic nitrogens is 3. The van der Waals surface area contributed by atoms with E-state index in [-0.39, 0.29) is 11.9 Å². The average Bonchev–Trinajstić information content (AvgIpc) is 2.99. The van der Waals surface area contributed by atoms with Crippen LogP contribution in [0.2, 0.25) is 0 Å². The fraction of sp³-hybridized carbons (Fsp3) is 0.364. The molecule has 0 aliphatic rings. The third-order valence-electron chi connectivity index (χ3n) is 2.60.